The first-order valence-corrected chi connectivity index (χ1v) is 10.5. The zero-order valence-corrected chi connectivity index (χ0v) is 17.9. The Bertz CT molecular complexity index is 1060. The Morgan fingerprint density at radius 2 is 2.00 bits per heavy atom. The molecule has 1 heterocycles. The van der Waals surface area contributed by atoms with Gasteiger partial charge in [0.2, 0.25) is 0 Å². The molecular weight excluding hydrogens is 372 g/mol. The van der Waals surface area contributed by atoms with Gasteiger partial charge in [-0.05, 0) is 91.1 Å². The summed E-state index contributed by atoms with van der Waals surface area (Å²) in [4.78, 5) is 18.5. The van der Waals surface area contributed by atoms with Gasteiger partial charge in [-0.1, -0.05) is 18.2 Å². The predicted molar refractivity (Wildman–Crippen MR) is 121 cm³/mol. The largest absolute Gasteiger partial charge is 0.465 e. The first kappa shape index (κ1) is 20.1. The smallest absolute Gasteiger partial charge is 0.338 e. The van der Waals surface area contributed by atoms with Crippen molar-refractivity contribution in [3.05, 3.63) is 88.7 Å². The van der Waals surface area contributed by atoms with E-state index in [1.807, 2.05) is 0 Å². The average molecular weight is 401 g/mol. The Balaban J connectivity index is 1.49. The molecule has 0 amide bonds. The third kappa shape index (κ3) is 4.09. The molecule has 0 unspecified atom stereocenters. The van der Waals surface area contributed by atoms with Gasteiger partial charge in [-0.15, -0.1) is 0 Å². The van der Waals surface area contributed by atoms with Gasteiger partial charge < -0.3 is 9.64 Å². The van der Waals surface area contributed by atoms with Crippen LogP contribution in [0.15, 0.2) is 60.9 Å². The highest BCUT2D eigenvalue weighted by Crippen LogP contribution is 2.39. The molecule has 4 rings (SSSR count). The highest BCUT2D eigenvalue weighted by Gasteiger charge is 2.24. The molecule has 30 heavy (non-hydrogen) atoms. The minimum atomic E-state index is -0.289. The standard InChI is InChI=1S/C26H28N2O2/c1-18-5-4-6-22(15-18)28(2)23-11-12-24-19(7-9-20(24)16-23)8-10-21-17-27-14-13-25(21)26(29)30-3/h4-6,11-17,19H,7-10H2,1-3H3/t19-/m0/s1. The second-order valence-electron chi connectivity index (χ2n) is 8.08. The number of aryl methyl sites for hydroxylation is 3. The van der Waals surface area contributed by atoms with Gasteiger partial charge in [0.1, 0.15) is 0 Å². The van der Waals surface area contributed by atoms with Crippen molar-refractivity contribution in [3.8, 4) is 0 Å². The lowest BCUT2D eigenvalue weighted by Crippen LogP contribution is -2.10. The quantitative estimate of drug-likeness (QED) is 0.505. The highest BCUT2D eigenvalue weighted by molar-refractivity contribution is 5.90. The Morgan fingerprint density at radius 3 is 2.80 bits per heavy atom. The third-order valence-electron chi connectivity index (χ3n) is 6.18. The molecule has 1 atom stereocenters. The van der Waals surface area contributed by atoms with E-state index in [2.05, 4.69) is 66.3 Å². The van der Waals surface area contributed by atoms with Crippen molar-refractivity contribution in [2.75, 3.05) is 19.1 Å². The molecule has 0 saturated heterocycles. The number of methoxy groups -OCH3 is 1. The topological polar surface area (TPSA) is 42.4 Å². The number of fused-ring (bicyclic) bond motifs is 1. The number of anilines is 2. The molecule has 0 saturated carbocycles. The number of benzene rings is 2. The van der Waals surface area contributed by atoms with E-state index in [4.69, 9.17) is 4.74 Å². The Morgan fingerprint density at radius 1 is 1.17 bits per heavy atom. The summed E-state index contributed by atoms with van der Waals surface area (Å²) in [5.74, 6) is 0.229. The second-order valence-corrected chi connectivity index (χ2v) is 8.08. The van der Waals surface area contributed by atoms with Crippen LogP contribution in [0.2, 0.25) is 0 Å². The number of carbonyl (C=O) groups is 1. The van der Waals surface area contributed by atoms with Crippen molar-refractivity contribution < 1.29 is 9.53 Å². The molecule has 1 aromatic heterocycles. The number of hydrogen-bond acceptors (Lipinski definition) is 4. The molecule has 0 aliphatic heterocycles. The zero-order chi connectivity index (χ0) is 21.1. The second kappa shape index (κ2) is 8.70. The summed E-state index contributed by atoms with van der Waals surface area (Å²) >= 11 is 0. The SMILES string of the molecule is COC(=O)c1ccncc1CC[C@@H]1CCc2cc(N(C)c3cccc(C)c3)ccc21. The lowest BCUT2D eigenvalue weighted by molar-refractivity contribution is 0.0599. The maximum absolute atomic E-state index is 12.0. The van der Waals surface area contributed by atoms with E-state index < -0.39 is 0 Å². The summed E-state index contributed by atoms with van der Waals surface area (Å²) in [5.41, 5.74) is 8.17. The van der Waals surface area contributed by atoms with Crippen molar-refractivity contribution in [1.29, 1.82) is 0 Å². The van der Waals surface area contributed by atoms with E-state index in [0.29, 0.717) is 11.5 Å². The van der Waals surface area contributed by atoms with Crippen molar-refractivity contribution >= 4 is 17.3 Å². The van der Waals surface area contributed by atoms with E-state index in [9.17, 15) is 4.79 Å². The van der Waals surface area contributed by atoms with Gasteiger partial charge in [0.25, 0.3) is 0 Å². The van der Waals surface area contributed by atoms with Gasteiger partial charge in [0.05, 0.1) is 12.7 Å². The van der Waals surface area contributed by atoms with E-state index in [-0.39, 0.29) is 5.97 Å². The summed E-state index contributed by atoms with van der Waals surface area (Å²) in [6, 6.07) is 17.2. The van der Waals surface area contributed by atoms with E-state index in [1.54, 1.807) is 18.5 Å². The summed E-state index contributed by atoms with van der Waals surface area (Å²) in [7, 11) is 3.55. The molecule has 4 nitrogen and oxygen atoms in total. The fourth-order valence-corrected chi connectivity index (χ4v) is 4.45. The van der Waals surface area contributed by atoms with Crippen molar-refractivity contribution in [2.24, 2.45) is 0 Å². The molecule has 2 aromatic carbocycles. The molecule has 0 fully saturated rings. The molecule has 0 spiro atoms. The normalized spacial score (nSPS) is 15.0. The number of aromatic nitrogens is 1. The van der Waals surface area contributed by atoms with Crippen molar-refractivity contribution in [1.82, 2.24) is 4.98 Å². The van der Waals surface area contributed by atoms with Crippen LogP contribution in [-0.2, 0) is 17.6 Å². The van der Waals surface area contributed by atoms with Crippen LogP contribution in [0.25, 0.3) is 0 Å². The van der Waals surface area contributed by atoms with E-state index in [1.165, 1.54) is 35.2 Å². The van der Waals surface area contributed by atoms with Crippen molar-refractivity contribution in [3.63, 3.8) is 0 Å². The van der Waals surface area contributed by atoms with Crippen LogP contribution in [-0.4, -0.2) is 25.1 Å². The molecule has 4 heteroatoms. The Kier molecular flexibility index (Phi) is 5.84. The zero-order valence-electron chi connectivity index (χ0n) is 17.9. The van der Waals surface area contributed by atoms with E-state index in [0.717, 1.165) is 31.2 Å². The molecule has 0 N–H and O–H groups in total. The number of pyridine rings is 1. The van der Waals surface area contributed by atoms with Gasteiger partial charge in [-0.25, -0.2) is 4.79 Å². The van der Waals surface area contributed by atoms with Crippen molar-refractivity contribution in [2.45, 2.75) is 38.5 Å². The number of esters is 1. The number of rotatable bonds is 6. The average Bonchev–Trinajstić information content (AvgIpc) is 3.19. The summed E-state index contributed by atoms with van der Waals surface area (Å²) < 4.78 is 4.91. The molecule has 154 valence electrons. The molecule has 3 aromatic rings. The number of nitrogens with zero attached hydrogens (tertiary/aromatic N) is 2. The molecule has 1 aliphatic carbocycles. The fraction of sp³-hybridized carbons (Fsp3) is 0.308. The highest BCUT2D eigenvalue weighted by atomic mass is 16.5. The van der Waals surface area contributed by atoms with Crippen LogP contribution in [0.3, 0.4) is 0 Å². The fourth-order valence-electron chi connectivity index (χ4n) is 4.45. The Hall–Kier alpha value is -3.14. The number of carbonyl (C=O) groups excluding carboxylic acids is 1. The van der Waals surface area contributed by atoms with E-state index >= 15 is 0 Å². The third-order valence-corrected chi connectivity index (χ3v) is 6.18. The molecule has 0 radical (unpaired) electrons. The van der Waals surface area contributed by atoms with Crippen LogP contribution in [0.1, 0.15) is 51.4 Å². The lowest BCUT2D eigenvalue weighted by Gasteiger charge is -2.21. The number of ether oxygens (including phenoxy) is 1. The van der Waals surface area contributed by atoms with Crippen LogP contribution < -0.4 is 4.90 Å². The summed E-state index contributed by atoms with van der Waals surface area (Å²) in [5, 5.41) is 0. The van der Waals surface area contributed by atoms with Gasteiger partial charge in [-0.3, -0.25) is 4.98 Å². The van der Waals surface area contributed by atoms with Gasteiger partial charge in [-0.2, -0.15) is 0 Å². The minimum absolute atomic E-state index is 0.289. The molecule has 1 aliphatic rings. The summed E-state index contributed by atoms with van der Waals surface area (Å²) in [6.45, 7) is 2.12. The maximum atomic E-state index is 12.0. The van der Waals surface area contributed by atoms with Crippen LogP contribution >= 0.6 is 0 Å². The van der Waals surface area contributed by atoms with Gasteiger partial charge in [0, 0.05) is 30.8 Å². The number of hydrogen-bond donors (Lipinski definition) is 0. The molecule has 0 bridgehead atoms. The minimum Gasteiger partial charge on any atom is -0.465 e. The first-order chi connectivity index (χ1) is 14.6. The lowest BCUT2D eigenvalue weighted by atomic mass is 9.93. The first-order valence-electron chi connectivity index (χ1n) is 10.5. The van der Waals surface area contributed by atoms with Gasteiger partial charge in [0.15, 0.2) is 0 Å². The van der Waals surface area contributed by atoms with Crippen LogP contribution in [0.5, 0.6) is 0 Å². The molecular formula is C26H28N2O2. The van der Waals surface area contributed by atoms with Crippen LogP contribution in [0.4, 0.5) is 11.4 Å². The summed E-state index contributed by atoms with van der Waals surface area (Å²) in [6.07, 6.45) is 7.53. The van der Waals surface area contributed by atoms with Gasteiger partial charge >= 0.3 is 5.97 Å². The van der Waals surface area contributed by atoms with Crippen LogP contribution in [0, 0.1) is 6.92 Å². The monoisotopic (exact) mass is 400 g/mol. The Labute approximate surface area is 178 Å². The maximum Gasteiger partial charge on any atom is 0.338 e. The predicted octanol–water partition coefficient (Wildman–Crippen LogP) is 5.61.